The molecule has 286 valence electrons. The summed E-state index contributed by atoms with van der Waals surface area (Å²) >= 11 is 0. The second kappa shape index (κ2) is 12.4. The molecule has 2 aromatic carbocycles. The van der Waals surface area contributed by atoms with Crippen molar-refractivity contribution >= 4 is 39.2 Å². The predicted molar refractivity (Wildman–Crippen MR) is 189 cm³/mol. The standard InChI is InChI=1S/C34H34F5N9O5S/c1-4-25-29(45-10-12-46(13-11-45)32(51)28-30(50)20(3)40-18-41-28)33(52)48-34(43-31(44-48)22-5-8-26-21(16-22)9-14-53-26)47(25)17-27(49)42-24-7-6-23(15-19(24)2)54(35,36,37,38)39/h5-8,15-16,18,50H,4,9-14,17H2,1-3H3,(H,42,49). The van der Waals surface area contributed by atoms with E-state index in [4.69, 9.17) is 4.74 Å². The highest BCUT2D eigenvalue weighted by Gasteiger charge is 2.65. The van der Waals surface area contributed by atoms with Crippen LogP contribution in [0.15, 0.2) is 52.4 Å². The van der Waals surface area contributed by atoms with Crippen LogP contribution < -0.4 is 20.5 Å². The fraction of sp³-hybridized carbons (Fsp3) is 0.324. The van der Waals surface area contributed by atoms with E-state index in [0.29, 0.717) is 24.3 Å². The highest BCUT2D eigenvalue weighted by molar-refractivity contribution is 8.45. The maximum absolute atomic E-state index is 14.3. The lowest BCUT2D eigenvalue weighted by Crippen LogP contribution is -2.51. The number of amides is 2. The molecule has 5 aromatic rings. The number of carbonyl (C=O) groups is 2. The molecular weight excluding hydrogens is 741 g/mol. The minimum Gasteiger partial charge on any atom is -0.504 e. The highest BCUT2D eigenvalue weighted by atomic mass is 32.5. The van der Waals surface area contributed by atoms with Crippen LogP contribution in [0.3, 0.4) is 0 Å². The Morgan fingerprint density at radius 3 is 2.43 bits per heavy atom. The Balaban J connectivity index is 1.25. The lowest BCUT2D eigenvalue weighted by molar-refractivity contribution is -0.116. The molecule has 0 atom stereocenters. The summed E-state index contributed by atoms with van der Waals surface area (Å²) in [6, 6.07) is 6.65. The minimum absolute atomic E-state index is 0.0129. The van der Waals surface area contributed by atoms with Gasteiger partial charge in [0, 0.05) is 43.9 Å². The van der Waals surface area contributed by atoms with E-state index in [2.05, 4.69) is 25.4 Å². The Bertz CT molecular complexity index is 2430. The van der Waals surface area contributed by atoms with Crippen LogP contribution in [0.4, 0.5) is 30.8 Å². The van der Waals surface area contributed by atoms with E-state index >= 15 is 0 Å². The molecule has 1 fully saturated rings. The Morgan fingerprint density at radius 1 is 1.00 bits per heavy atom. The van der Waals surface area contributed by atoms with Crippen LogP contribution >= 0.6 is 10.2 Å². The zero-order valence-corrected chi connectivity index (χ0v) is 30.0. The van der Waals surface area contributed by atoms with Crippen LogP contribution in [-0.2, 0) is 24.2 Å². The third-order valence-corrected chi connectivity index (χ3v) is 10.6. The van der Waals surface area contributed by atoms with Gasteiger partial charge in [0.05, 0.1) is 18.0 Å². The lowest BCUT2D eigenvalue weighted by atomic mass is 10.1. The molecular formula is C34H34F5N9O5S. The first kappa shape index (κ1) is 36.6. The second-order valence-corrected chi connectivity index (χ2v) is 15.4. The fourth-order valence-electron chi connectivity index (χ4n) is 6.63. The number of fused-ring (bicyclic) bond motifs is 2. The van der Waals surface area contributed by atoms with E-state index in [-0.39, 0.29) is 90.4 Å². The number of nitrogens with one attached hydrogen (secondary N) is 1. The molecule has 5 heterocycles. The summed E-state index contributed by atoms with van der Waals surface area (Å²) in [5.41, 5.74) is 1.32. The van der Waals surface area contributed by atoms with Gasteiger partial charge in [-0.15, -0.1) is 5.10 Å². The van der Waals surface area contributed by atoms with Crippen LogP contribution in [0.1, 0.15) is 39.9 Å². The molecule has 3 aromatic heterocycles. The molecule has 1 saturated heterocycles. The van der Waals surface area contributed by atoms with Crippen molar-refractivity contribution in [1.82, 2.24) is 34.0 Å². The molecule has 0 aliphatic carbocycles. The molecule has 2 aliphatic heterocycles. The van der Waals surface area contributed by atoms with E-state index in [1.54, 1.807) is 30.9 Å². The maximum Gasteiger partial charge on any atom is 0.310 e. The number of ether oxygens (including phenoxy) is 1. The number of nitrogens with zero attached hydrogens (tertiary/aromatic N) is 8. The molecule has 2 amide bonds. The van der Waals surface area contributed by atoms with Crippen LogP contribution in [0.5, 0.6) is 11.5 Å². The van der Waals surface area contributed by atoms with Gasteiger partial charge in [0.15, 0.2) is 17.3 Å². The number of hydrogen-bond donors (Lipinski definition) is 2. The van der Waals surface area contributed by atoms with Gasteiger partial charge in [0.1, 0.15) is 29.2 Å². The van der Waals surface area contributed by atoms with Crippen LogP contribution in [0.25, 0.3) is 17.2 Å². The number of aromatic nitrogens is 6. The Labute approximate surface area is 303 Å². The summed E-state index contributed by atoms with van der Waals surface area (Å²) in [4.78, 5) is 54.8. The first-order valence-corrected chi connectivity index (χ1v) is 18.8. The van der Waals surface area contributed by atoms with Gasteiger partial charge in [0.25, 0.3) is 11.5 Å². The van der Waals surface area contributed by atoms with Gasteiger partial charge in [-0.3, -0.25) is 14.4 Å². The van der Waals surface area contributed by atoms with Crippen LogP contribution in [0.2, 0.25) is 0 Å². The van der Waals surface area contributed by atoms with Gasteiger partial charge in [-0.1, -0.05) is 26.4 Å². The van der Waals surface area contributed by atoms with Crippen molar-refractivity contribution in [3.05, 3.63) is 81.3 Å². The fourth-order valence-corrected chi connectivity index (χ4v) is 7.36. The highest BCUT2D eigenvalue weighted by Crippen LogP contribution is 3.02. The number of carbonyl (C=O) groups excluding carboxylic acids is 2. The van der Waals surface area contributed by atoms with Gasteiger partial charge in [-0.05, 0) is 67.8 Å². The van der Waals surface area contributed by atoms with Gasteiger partial charge in [0.2, 0.25) is 11.7 Å². The van der Waals surface area contributed by atoms with Crippen molar-refractivity contribution in [2.75, 3.05) is 43.0 Å². The quantitative estimate of drug-likeness (QED) is 0.195. The van der Waals surface area contributed by atoms with Crippen LogP contribution in [-0.4, -0.2) is 83.7 Å². The number of rotatable bonds is 8. The molecule has 0 radical (unpaired) electrons. The van der Waals surface area contributed by atoms with Gasteiger partial charge < -0.3 is 29.5 Å². The molecule has 2 N–H and O–H groups in total. The molecule has 54 heavy (non-hydrogen) atoms. The maximum atomic E-state index is 14.3. The Kier molecular flexibility index (Phi) is 8.39. The summed E-state index contributed by atoms with van der Waals surface area (Å²) in [5.74, 6) is -0.650. The van der Waals surface area contributed by atoms with Gasteiger partial charge in [-0.2, -0.15) is 9.50 Å². The van der Waals surface area contributed by atoms with Crippen molar-refractivity contribution in [2.45, 2.75) is 45.1 Å². The number of benzene rings is 2. The lowest BCUT2D eigenvalue weighted by Gasteiger charge is -2.40. The second-order valence-electron chi connectivity index (χ2n) is 13.0. The number of piperazine rings is 1. The molecule has 0 saturated carbocycles. The first-order chi connectivity index (χ1) is 25.3. The number of anilines is 2. The van der Waals surface area contributed by atoms with Crippen LogP contribution in [0, 0.1) is 13.8 Å². The summed E-state index contributed by atoms with van der Waals surface area (Å²) < 4.78 is 75.4. The van der Waals surface area contributed by atoms with Gasteiger partial charge in [-0.25, -0.2) is 9.97 Å². The molecule has 0 unspecified atom stereocenters. The number of aryl methyl sites for hydroxylation is 2. The monoisotopic (exact) mass is 775 g/mol. The minimum atomic E-state index is -9.96. The van der Waals surface area contributed by atoms with E-state index < -0.39 is 39.0 Å². The number of halogens is 5. The van der Waals surface area contributed by atoms with Crippen molar-refractivity contribution in [2.24, 2.45) is 0 Å². The average Bonchev–Trinajstić information content (AvgIpc) is 3.78. The Hall–Kier alpha value is -5.79. The molecule has 2 aliphatic rings. The summed E-state index contributed by atoms with van der Waals surface area (Å²) in [6.45, 7) is 5.17. The molecule has 7 rings (SSSR count). The molecule has 20 heteroatoms. The normalized spacial score (nSPS) is 15.8. The van der Waals surface area contributed by atoms with Gasteiger partial charge >= 0.3 is 10.2 Å². The van der Waals surface area contributed by atoms with Crippen molar-refractivity contribution < 1.29 is 38.9 Å². The third kappa shape index (κ3) is 6.76. The average molecular weight is 776 g/mol. The van der Waals surface area contributed by atoms with Crippen molar-refractivity contribution in [3.63, 3.8) is 0 Å². The smallest absolute Gasteiger partial charge is 0.310 e. The summed E-state index contributed by atoms with van der Waals surface area (Å²) in [6.07, 6.45) is 2.07. The predicted octanol–water partition coefficient (Wildman–Crippen LogP) is 5.43. The van der Waals surface area contributed by atoms with Crippen molar-refractivity contribution in [3.8, 4) is 22.9 Å². The zero-order chi connectivity index (χ0) is 38.8. The third-order valence-electron chi connectivity index (χ3n) is 9.42. The van der Waals surface area contributed by atoms with E-state index in [1.807, 2.05) is 6.07 Å². The summed E-state index contributed by atoms with van der Waals surface area (Å²) in [7, 11) is -9.96. The van der Waals surface area contributed by atoms with Crippen molar-refractivity contribution in [1.29, 1.82) is 0 Å². The van der Waals surface area contributed by atoms with E-state index in [1.165, 1.54) is 22.7 Å². The number of hydrogen-bond acceptors (Lipinski definition) is 10. The topological polar surface area (TPSA) is 160 Å². The van der Waals surface area contributed by atoms with E-state index in [9.17, 15) is 38.9 Å². The molecule has 0 spiro atoms. The summed E-state index contributed by atoms with van der Waals surface area (Å²) in [5, 5.41) is 17.4. The SMILES string of the molecule is CCc1c(N2CCN(C(=O)c3ncnc(C)c3O)CC2)c(=O)n2nc(-c3ccc4c(c3)CCO4)nc2n1CC(=O)Nc1ccc(S(F)(F)(F)(F)F)cc1C. The Morgan fingerprint density at radius 2 is 1.74 bits per heavy atom. The molecule has 0 bridgehead atoms. The largest absolute Gasteiger partial charge is 0.504 e. The first-order valence-electron chi connectivity index (χ1n) is 16.8. The zero-order valence-electron chi connectivity index (χ0n) is 29.2. The number of aromatic hydroxyl groups is 1. The van der Waals surface area contributed by atoms with E-state index in [0.717, 1.165) is 21.9 Å². The molecule has 14 nitrogen and oxygen atoms in total.